The highest BCUT2D eigenvalue weighted by Gasteiger charge is 2.25. The lowest BCUT2D eigenvalue weighted by Gasteiger charge is -2.21. The molecule has 0 saturated heterocycles. The smallest absolute Gasteiger partial charge is 0.355 e. The number of methoxy groups -OCH3 is 1. The van der Waals surface area contributed by atoms with Gasteiger partial charge in [-0.25, -0.2) is 9.78 Å². The standard InChI is InChI=1S/C18H12Cl2N2O4S/c1-26-12-5-3-11(4-6-12)22(18-21-15(9-27-18)17(24)25)16(23)13-7-2-10(19)8-14(13)20/h2-9H,1H3,(H,24,25). The van der Waals surface area contributed by atoms with Crippen LogP contribution in [0.5, 0.6) is 5.75 Å². The van der Waals surface area contributed by atoms with E-state index in [0.717, 1.165) is 11.3 Å². The van der Waals surface area contributed by atoms with Crippen molar-refractivity contribution in [1.82, 2.24) is 4.98 Å². The average Bonchev–Trinajstić information content (AvgIpc) is 3.12. The molecule has 3 rings (SSSR count). The second kappa shape index (κ2) is 7.96. The topological polar surface area (TPSA) is 79.7 Å². The molecule has 1 N–H and O–H groups in total. The van der Waals surface area contributed by atoms with Gasteiger partial charge in [-0.15, -0.1) is 11.3 Å². The zero-order chi connectivity index (χ0) is 19.6. The van der Waals surface area contributed by atoms with Crippen molar-refractivity contribution in [3.05, 3.63) is 69.1 Å². The SMILES string of the molecule is COc1ccc(N(C(=O)c2ccc(Cl)cc2Cl)c2nc(C(=O)O)cs2)cc1. The fourth-order valence-electron chi connectivity index (χ4n) is 2.29. The minimum atomic E-state index is -1.18. The summed E-state index contributed by atoms with van der Waals surface area (Å²) in [7, 11) is 1.53. The van der Waals surface area contributed by atoms with E-state index in [1.54, 1.807) is 30.3 Å². The number of carbonyl (C=O) groups excluding carboxylic acids is 1. The van der Waals surface area contributed by atoms with Gasteiger partial charge in [0.1, 0.15) is 5.75 Å². The van der Waals surface area contributed by atoms with Gasteiger partial charge in [-0.05, 0) is 42.5 Å². The summed E-state index contributed by atoms with van der Waals surface area (Å²) in [6, 6.07) is 11.2. The van der Waals surface area contributed by atoms with E-state index in [1.807, 2.05) is 0 Å². The number of carbonyl (C=O) groups is 2. The maximum Gasteiger partial charge on any atom is 0.355 e. The number of amides is 1. The van der Waals surface area contributed by atoms with Gasteiger partial charge < -0.3 is 9.84 Å². The van der Waals surface area contributed by atoms with Crippen LogP contribution in [0, 0.1) is 0 Å². The van der Waals surface area contributed by atoms with Crippen LogP contribution in [0.3, 0.4) is 0 Å². The Morgan fingerprint density at radius 2 is 1.85 bits per heavy atom. The molecule has 0 aliphatic heterocycles. The second-order valence-electron chi connectivity index (χ2n) is 5.28. The lowest BCUT2D eigenvalue weighted by molar-refractivity contribution is 0.0691. The number of carboxylic acid groups (broad SMARTS) is 1. The van der Waals surface area contributed by atoms with Crippen molar-refractivity contribution in [2.24, 2.45) is 0 Å². The molecule has 1 aromatic heterocycles. The number of benzene rings is 2. The molecule has 2 aromatic carbocycles. The molecular formula is C18H12Cl2N2O4S. The third-order valence-corrected chi connectivity index (χ3v) is 4.97. The van der Waals surface area contributed by atoms with Crippen molar-refractivity contribution in [2.45, 2.75) is 0 Å². The molecule has 9 heteroatoms. The number of aromatic nitrogens is 1. The van der Waals surface area contributed by atoms with E-state index in [9.17, 15) is 9.59 Å². The Bertz CT molecular complexity index is 1000. The number of hydrogen-bond donors (Lipinski definition) is 1. The Balaban J connectivity index is 2.10. The Morgan fingerprint density at radius 1 is 1.15 bits per heavy atom. The van der Waals surface area contributed by atoms with Gasteiger partial charge in [0.2, 0.25) is 0 Å². The Labute approximate surface area is 168 Å². The second-order valence-corrected chi connectivity index (χ2v) is 6.96. The first-order valence-corrected chi connectivity index (χ1v) is 9.16. The van der Waals surface area contributed by atoms with Crippen LogP contribution in [-0.4, -0.2) is 29.1 Å². The summed E-state index contributed by atoms with van der Waals surface area (Å²) in [5.41, 5.74) is 0.547. The number of anilines is 2. The maximum atomic E-state index is 13.2. The first-order valence-electron chi connectivity index (χ1n) is 7.53. The maximum absolute atomic E-state index is 13.2. The Kier molecular flexibility index (Phi) is 5.65. The molecule has 6 nitrogen and oxygen atoms in total. The van der Waals surface area contributed by atoms with E-state index in [0.29, 0.717) is 16.5 Å². The molecule has 0 fully saturated rings. The van der Waals surface area contributed by atoms with Crippen LogP contribution >= 0.6 is 34.5 Å². The fraction of sp³-hybridized carbons (Fsp3) is 0.0556. The van der Waals surface area contributed by atoms with Gasteiger partial charge in [0, 0.05) is 10.4 Å². The average molecular weight is 423 g/mol. The molecule has 1 heterocycles. The van der Waals surface area contributed by atoms with E-state index < -0.39 is 11.9 Å². The van der Waals surface area contributed by atoms with Crippen LogP contribution < -0.4 is 9.64 Å². The third kappa shape index (κ3) is 4.05. The van der Waals surface area contributed by atoms with Gasteiger partial charge in [-0.1, -0.05) is 23.2 Å². The molecule has 138 valence electrons. The van der Waals surface area contributed by atoms with Crippen LogP contribution in [0.4, 0.5) is 10.8 Å². The number of halogens is 2. The van der Waals surface area contributed by atoms with Crippen molar-refractivity contribution in [1.29, 1.82) is 0 Å². The first-order chi connectivity index (χ1) is 12.9. The highest BCUT2D eigenvalue weighted by molar-refractivity contribution is 7.14. The minimum Gasteiger partial charge on any atom is -0.497 e. The molecule has 27 heavy (non-hydrogen) atoms. The summed E-state index contributed by atoms with van der Waals surface area (Å²) in [6.45, 7) is 0. The number of ether oxygens (including phenoxy) is 1. The van der Waals surface area contributed by atoms with Crippen LogP contribution in [0.25, 0.3) is 0 Å². The molecule has 0 aliphatic carbocycles. The van der Waals surface area contributed by atoms with E-state index in [-0.39, 0.29) is 21.4 Å². The molecule has 0 unspecified atom stereocenters. The third-order valence-electron chi connectivity index (χ3n) is 3.60. The van der Waals surface area contributed by atoms with E-state index >= 15 is 0 Å². The first kappa shape index (κ1) is 19.2. The summed E-state index contributed by atoms with van der Waals surface area (Å²) >= 11 is 13.1. The van der Waals surface area contributed by atoms with Crippen LogP contribution in [0.1, 0.15) is 20.8 Å². The molecule has 3 aromatic rings. The Hall–Kier alpha value is -2.61. The van der Waals surface area contributed by atoms with E-state index in [4.69, 9.17) is 33.0 Å². The van der Waals surface area contributed by atoms with Crippen LogP contribution in [-0.2, 0) is 0 Å². The molecular weight excluding hydrogens is 411 g/mol. The van der Waals surface area contributed by atoms with Gasteiger partial charge in [-0.2, -0.15) is 0 Å². The van der Waals surface area contributed by atoms with Crippen molar-refractivity contribution >= 4 is 57.2 Å². The fourth-order valence-corrected chi connectivity index (χ4v) is 3.60. The van der Waals surface area contributed by atoms with Gasteiger partial charge in [0.15, 0.2) is 10.8 Å². The largest absolute Gasteiger partial charge is 0.497 e. The van der Waals surface area contributed by atoms with Crippen LogP contribution in [0.2, 0.25) is 10.0 Å². The number of hydrogen-bond acceptors (Lipinski definition) is 5. The van der Waals surface area contributed by atoms with Crippen molar-refractivity contribution in [2.75, 3.05) is 12.0 Å². The molecule has 0 radical (unpaired) electrons. The van der Waals surface area contributed by atoms with Crippen molar-refractivity contribution < 1.29 is 19.4 Å². The summed E-state index contributed by atoms with van der Waals surface area (Å²) < 4.78 is 5.14. The predicted octanol–water partition coefficient (Wildman–Crippen LogP) is 5.14. The summed E-state index contributed by atoms with van der Waals surface area (Å²) in [5.74, 6) is -1.03. The predicted molar refractivity (Wildman–Crippen MR) is 105 cm³/mol. The van der Waals surface area contributed by atoms with Crippen molar-refractivity contribution in [3.63, 3.8) is 0 Å². The molecule has 0 bridgehead atoms. The summed E-state index contributed by atoms with van der Waals surface area (Å²) in [5, 5.41) is 11.3. The Morgan fingerprint density at radius 3 is 2.41 bits per heavy atom. The van der Waals surface area contributed by atoms with E-state index in [2.05, 4.69) is 4.98 Å². The lowest BCUT2D eigenvalue weighted by atomic mass is 10.2. The molecule has 0 aliphatic rings. The monoisotopic (exact) mass is 422 g/mol. The zero-order valence-electron chi connectivity index (χ0n) is 13.8. The molecule has 1 amide bonds. The number of carboxylic acids is 1. The van der Waals surface area contributed by atoms with Crippen LogP contribution in [0.15, 0.2) is 47.8 Å². The zero-order valence-corrected chi connectivity index (χ0v) is 16.2. The van der Waals surface area contributed by atoms with E-state index in [1.165, 1.54) is 29.5 Å². The highest BCUT2D eigenvalue weighted by atomic mass is 35.5. The lowest BCUT2D eigenvalue weighted by Crippen LogP contribution is -2.26. The van der Waals surface area contributed by atoms with Gasteiger partial charge in [-0.3, -0.25) is 9.69 Å². The highest BCUT2D eigenvalue weighted by Crippen LogP contribution is 2.33. The normalized spacial score (nSPS) is 10.5. The number of nitrogens with zero attached hydrogens (tertiary/aromatic N) is 2. The molecule has 0 spiro atoms. The molecule has 0 atom stereocenters. The van der Waals surface area contributed by atoms with Gasteiger partial charge >= 0.3 is 5.97 Å². The number of thiazole rings is 1. The quantitative estimate of drug-likeness (QED) is 0.615. The number of rotatable bonds is 5. The summed E-state index contributed by atoms with van der Waals surface area (Å²) in [6.07, 6.45) is 0. The number of aromatic carboxylic acids is 1. The molecule has 0 saturated carbocycles. The summed E-state index contributed by atoms with van der Waals surface area (Å²) in [4.78, 5) is 29.7. The minimum absolute atomic E-state index is 0.150. The van der Waals surface area contributed by atoms with Gasteiger partial charge in [0.05, 0.1) is 23.4 Å². The van der Waals surface area contributed by atoms with Crippen molar-refractivity contribution in [3.8, 4) is 5.75 Å². The van der Waals surface area contributed by atoms with Gasteiger partial charge in [0.25, 0.3) is 5.91 Å².